The van der Waals surface area contributed by atoms with Crippen molar-refractivity contribution in [3.05, 3.63) is 72.6 Å². The Labute approximate surface area is 157 Å². The molecule has 0 radical (unpaired) electrons. The quantitative estimate of drug-likeness (QED) is 0.554. The zero-order valence-corrected chi connectivity index (χ0v) is 15.3. The average molecular weight is 359 g/mol. The molecule has 4 aromatic rings. The highest BCUT2D eigenvalue weighted by atomic mass is 16.5. The summed E-state index contributed by atoms with van der Waals surface area (Å²) in [7, 11) is 1.66. The Balaban J connectivity index is 1.74. The minimum atomic E-state index is 0.171. The second kappa shape index (κ2) is 7.45. The van der Waals surface area contributed by atoms with E-state index in [0.717, 1.165) is 29.2 Å². The van der Waals surface area contributed by atoms with Gasteiger partial charge in [0.1, 0.15) is 17.9 Å². The minimum absolute atomic E-state index is 0.171. The van der Waals surface area contributed by atoms with Crippen molar-refractivity contribution in [2.45, 2.75) is 19.4 Å². The summed E-state index contributed by atoms with van der Waals surface area (Å²) in [5.74, 6) is 2.24. The Morgan fingerprint density at radius 3 is 2.56 bits per heavy atom. The third kappa shape index (κ3) is 3.46. The van der Waals surface area contributed by atoms with E-state index in [1.54, 1.807) is 11.6 Å². The van der Waals surface area contributed by atoms with Gasteiger partial charge in [-0.1, -0.05) is 37.3 Å². The van der Waals surface area contributed by atoms with Gasteiger partial charge in [-0.2, -0.15) is 14.6 Å². The molecule has 136 valence electrons. The summed E-state index contributed by atoms with van der Waals surface area (Å²) < 4.78 is 6.98. The molecule has 0 spiro atoms. The average Bonchev–Trinajstić information content (AvgIpc) is 3.21. The van der Waals surface area contributed by atoms with Gasteiger partial charge >= 0.3 is 0 Å². The molecule has 0 aliphatic rings. The molecule has 6 nitrogen and oxygen atoms in total. The lowest BCUT2D eigenvalue weighted by molar-refractivity contribution is 0.415. The summed E-state index contributed by atoms with van der Waals surface area (Å²) in [6.07, 6.45) is 2.47. The lowest BCUT2D eigenvalue weighted by Crippen LogP contribution is -2.13. The van der Waals surface area contributed by atoms with Gasteiger partial charge in [-0.3, -0.25) is 0 Å². The molecule has 0 fully saturated rings. The molecule has 0 bridgehead atoms. The van der Waals surface area contributed by atoms with Crippen LogP contribution in [0.4, 0.5) is 5.82 Å². The molecule has 0 aliphatic carbocycles. The van der Waals surface area contributed by atoms with E-state index < -0.39 is 0 Å². The van der Waals surface area contributed by atoms with Crippen molar-refractivity contribution < 1.29 is 4.74 Å². The highest BCUT2D eigenvalue weighted by molar-refractivity contribution is 5.66. The van der Waals surface area contributed by atoms with Crippen LogP contribution >= 0.6 is 0 Å². The molecule has 0 saturated carbocycles. The van der Waals surface area contributed by atoms with Crippen molar-refractivity contribution in [1.29, 1.82) is 0 Å². The van der Waals surface area contributed by atoms with Gasteiger partial charge in [0.2, 0.25) is 0 Å². The van der Waals surface area contributed by atoms with Crippen LogP contribution in [0.2, 0.25) is 0 Å². The lowest BCUT2D eigenvalue weighted by Gasteiger charge is -2.19. The Hall–Kier alpha value is -3.41. The maximum absolute atomic E-state index is 5.24. The monoisotopic (exact) mass is 359 g/mol. The van der Waals surface area contributed by atoms with Crippen LogP contribution in [0.5, 0.6) is 5.75 Å². The SMILES string of the molecule is CCC(Nc1cc(-c2ccc(OC)cc2)nc2ncnn12)c1ccccc1. The number of hydrogen-bond donors (Lipinski definition) is 1. The molecule has 0 saturated heterocycles. The first kappa shape index (κ1) is 17.0. The third-order valence-corrected chi connectivity index (χ3v) is 4.57. The fourth-order valence-corrected chi connectivity index (χ4v) is 3.11. The summed E-state index contributed by atoms with van der Waals surface area (Å²) in [5.41, 5.74) is 3.07. The van der Waals surface area contributed by atoms with Gasteiger partial charge in [0.15, 0.2) is 0 Å². The molecule has 0 amide bonds. The van der Waals surface area contributed by atoms with Crippen LogP contribution in [0.1, 0.15) is 24.9 Å². The number of fused-ring (bicyclic) bond motifs is 1. The van der Waals surface area contributed by atoms with E-state index in [4.69, 9.17) is 4.74 Å². The molecule has 1 atom stereocenters. The van der Waals surface area contributed by atoms with E-state index >= 15 is 0 Å². The third-order valence-electron chi connectivity index (χ3n) is 4.57. The summed E-state index contributed by atoms with van der Waals surface area (Å²) in [4.78, 5) is 8.92. The molecule has 1 N–H and O–H groups in total. The van der Waals surface area contributed by atoms with E-state index in [2.05, 4.69) is 51.6 Å². The van der Waals surface area contributed by atoms with Crippen LogP contribution in [0, 0.1) is 0 Å². The van der Waals surface area contributed by atoms with E-state index in [0.29, 0.717) is 5.78 Å². The predicted octanol–water partition coefficient (Wildman–Crippen LogP) is 4.36. The molecular formula is C21H21N5O. The van der Waals surface area contributed by atoms with Crippen LogP contribution in [0.25, 0.3) is 17.0 Å². The van der Waals surface area contributed by atoms with Crippen LogP contribution in [-0.2, 0) is 0 Å². The number of anilines is 1. The summed E-state index contributed by atoms with van der Waals surface area (Å²) >= 11 is 0. The molecule has 4 rings (SSSR count). The zero-order chi connectivity index (χ0) is 18.6. The molecule has 0 aliphatic heterocycles. The van der Waals surface area contributed by atoms with E-state index in [-0.39, 0.29) is 6.04 Å². The smallest absolute Gasteiger partial charge is 0.254 e. The van der Waals surface area contributed by atoms with Crippen molar-refractivity contribution in [2.75, 3.05) is 12.4 Å². The molecule has 27 heavy (non-hydrogen) atoms. The summed E-state index contributed by atoms with van der Waals surface area (Å²) in [6, 6.07) is 20.4. The number of ether oxygens (including phenoxy) is 1. The summed E-state index contributed by atoms with van der Waals surface area (Å²) in [6.45, 7) is 2.16. The second-order valence-corrected chi connectivity index (χ2v) is 6.24. The Bertz CT molecular complexity index is 1030. The lowest BCUT2D eigenvalue weighted by atomic mass is 10.0. The molecule has 2 aromatic heterocycles. The number of aromatic nitrogens is 4. The normalized spacial score (nSPS) is 12.1. The number of rotatable bonds is 6. The maximum atomic E-state index is 5.24. The zero-order valence-electron chi connectivity index (χ0n) is 15.3. The molecule has 1 unspecified atom stereocenters. The van der Waals surface area contributed by atoms with Gasteiger partial charge in [0, 0.05) is 11.6 Å². The first-order valence-corrected chi connectivity index (χ1v) is 8.95. The maximum Gasteiger partial charge on any atom is 0.254 e. The van der Waals surface area contributed by atoms with Crippen molar-refractivity contribution in [2.24, 2.45) is 0 Å². The number of hydrogen-bond acceptors (Lipinski definition) is 5. The minimum Gasteiger partial charge on any atom is -0.497 e. The van der Waals surface area contributed by atoms with Gasteiger partial charge in [-0.25, -0.2) is 4.98 Å². The van der Waals surface area contributed by atoms with Crippen molar-refractivity contribution in [3.8, 4) is 17.0 Å². The predicted molar refractivity (Wildman–Crippen MR) is 106 cm³/mol. The fraction of sp³-hybridized carbons (Fsp3) is 0.190. The number of methoxy groups -OCH3 is 1. The van der Waals surface area contributed by atoms with Crippen LogP contribution < -0.4 is 10.1 Å². The first-order chi connectivity index (χ1) is 13.3. The number of nitrogens with one attached hydrogen (secondary N) is 1. The van der Waals surface area contributed by atoms with E-state index in [1.165, 1.54) is 11.9 Å². The van der Waals surface area contributed by atoms with E-state index in [9.17, 15) is 0 Å². The van der Waals surface area contributed by atoms with Crippen LogP contribution in [0.3, 0.4) is 0 Å². The van der Waals surface area contributed by atoms with Crippen LogP contribution in [0.15, 0.2) is 67.0 Å². The van der Waals surface area contributed by atoms with Crippen LogP contribution in [-0.4, -0.2) is 26.7 Å². The topological polar surface area (TPSA) is 64.3 Å². The first-order valence-electron chi connectivity index (χ1n) is 8.95. The van der Waals surface area contributed by atoms with Gasteiger partial charge in [-0.15, -0.1) is 0 Å². The molecular weight excluding hydrogens is 338 g/mol. The highest BCUT2D eigenvalue weighted by Crippen LogP contribution is 2.27. The molecule has 2 heterocycles. The Kier molecular flexibility index (Phi) is 4.70. The van der Waals surface area contributed by atoms with E-state index in [1.807, 2.05) is 36.4 Å². The standard InChI is InChI=1S/C21H21N5O/c1-3-18(15-7-5-4-6-8-15)24-20-13-19(25-21-22-14-23-26(20)21)16-9-11-17(27-2)12-10-16/h4-14,18,24H,3H2,1-2H3. The Morgan fingerprint density at radius 2 is 1.85 bits per heavy atom. The largest absolute Gasteiger partial charge is 0.497 e. The van der Waals surface area contributed by atoms with Gasteiger partial charge in [0.25, 0.3) is 5.78 Å². The second-order valence-electron chi connectivity index (χ2n) is 6.24. The van der Waals surface area contributed by atoms with Crippen molar-refractivity contribution in [3.63, 3.8) is 0 Å². The highest BCUT2D eigenvalue weighted by Gasteiger charge is 2.14. The molecule has 2 aromatic carbocycles. The van der Waals surface area contributed by atoms with Gasteiger partial charge < -0.3 is 10.1 Å². The fourth-order valence-electron chi connectivity index (χ4n) is 3.11. The van der Waals surface area contributed by atoms with Gasteiger partial charge in [0.05, 0.1) is 18.8 Å². The number of benzene rings is 2. The van der Waals surface area contributed by atoms with Crippen molar-refractivity contribution >= 4 is 11.6 Å². The van der Waals surface area contributed by atoms with Gasteiger partial charge in [-0.05, 0) is 36.2 Å². The molecule has 6 heteroatoms. The summed E-state index contributed by atoms with van der Waals surface area (Å²) in [5, 5.41) is 7.92. The number of nitrogens with zero attached hydrogens (tertiary/aromatic N) is 4. The Morgan fingerprint density at radius 1 is 1.07 bits per heavy atom. The van der Waals surface area contributed by atoms with Crippen molar-refractivity contribution in [1.82, 2.24) is 19.6 Å².